The minimum Gasteiger partial charge on any atom is -0.452 e. The maximum Gasteiger partial charge on any atom is 0.255 e. The van der Waals surface area contributed by atoms with E-state index in [2.05, 4.69) is 4.98 Å². The number of halogens is 1. The average Bonchev–Trinajstić information content (AvgIpc) is 3.09. The Labute approximate surface area is 144 Å². The molecule has 2 aromatic rings. The number of nitrogens with zero attached hydrogens (tertiary/aromatic N) is 1. The fraction of sp³-hybridized carbons (Fsp3) is 0.412. The van der Waals surface area contributed by atoms with Crippen LogP contribution in [-0.4, -0.2) is 10.2 Å². The Morgan fingerprint density at radius 1 is 1.26 bits per heavy atom. The molecule has 0 radical (unpaired) electrons. The van der Waals surface area contributed by atoms with E-state index in [4.69, 9.17) is 22.7 Å². The number of thiazole rings is 1. The molecule has 1 aromatic carbocycles. The van der Waals surface area contributed by atoms with Crippen molar-refractivity contribution >= 4 is 28.7 Å². The first-order valence-electron chi connectivity index (χ1n) is 7.77. The fourth-order valence-electron chi connectivity index (χ4n) is 3.49. The van der Waals surface area contributed by atoms with Crippen molar-refractivity contribution in [2.75, 3.05) is 0 Å². The fourth-order valence-corrected chi connectivity index (χ4v) is 4.50. The molecule has 1 atom stereocenters. The SMILES string of the molecule is NC(=S)OC(c1ccc(F)cc1)(c1nccs1)C1CCCCC1. The summed E-state index contributed by atoms with van der Waals surface area (Å²) >= 11 is 6.59. The minimum absolute atomic E-state index is 0.00454. The lowest BCUT2D eigenvalue weighted by atomic mass is 9.73. The third-order valence-corrected chi connectivity index (χ3v) is 5.44. The molecule has 3 nitrogen and oxygen atoms in total. The molecule has 0 bridgehead atoms. The van der Waals surface area contributed by atoms with Gasteiger partial charge in [0.1, 0.15) is 10.8 Å². The van der Waals surface area contributed by atoms with Crippen molar-refractivity contribution in [1.82, 2.24) is 4.98 Å². The van der Waals surface area contributed by atoms with Crippen LogP contribution < -0.4 is 5.73 Å². The number of rotatable bonds is 4. The summed E-state index contributed by atoms with van der Waals surface area (Å²) in [6, 6.07) is 6.40. The average molecular weight is 350 g/mol. The first-order chi connectivity index (χ1) is 11.1. The van der Waals surface area contributed by atoms with E-state index >= 15 is 0 Å². The van der Waals surface area contributed by atoms with Crippen LogP contribution in [0.3, 0.4) is 0 Å². The molecule has 0 spiro atoms. The van der Waals surface area contributed by atoms with Crippen molar-refractivity contribution in [1.29, 1.82) is 0 Å². The van der Waals surface area contributed by atoms with E-state index in [0.717, 1.165) is 36.3 Å². The van der Waals surface area contributed by atoms with Crippen molar-refractivity contribution in [3.05, 3.63) is 52.2 Å². The van der Waals surface area contributed by atoms with E-state index in [1.165, 1.54) is 29.9 Å². The molecule has 6 heteroatoms. The number of hydrogen-bond donors (Lipinski definition) is 1. The Morgan fingerprint density at radius 3 is 2.52 bits per heavy atom. The molecule has 0 saturated heterocycles. The zero-order chi connectivity index (χ0) is 16.3. The normalized spacial score (nSPS) is 18.3. The van der Waals surface area contributed by atoms with Crippen LogP contribution in [0.4, 0.5) is 4.39 Å². The summed E-state index contributed by atoms with van der Waals surface area (Å²) < 4.78 is 19.5. The first kappa shape index (κ1) is 16.3. The van der Waals surface area contributed by atoms with Crippen LogP contribution in [0, 0.1) is 11.7 Å². The van der Waals surface area contributed by atoms with Crippen molar-refractivity contribution in [3.8, 4) is 0 Å². The van der Waals surface area contributed by atoms with E-state index in [1.54, 1.807) is 18.3 Å². The molecule has 1 heterocycles. The number of hydrogen-bond acceptors (Lipinski definition) is 4. The summed E-state index contributed by atoms with van der Waals surface area (Å²) in [4.78, 5) is 4.50. The third-order valence-electron chi connectivity index (χ3n) is 4.46. The quantitative estimate of drug-likeness (QED) is 0.832. The number of ether oxygens (including phenoxy) is 1. The van der Waals surface area contributed by atoms with Gasteiger partial charge in [-0.2, -0.15) is 0 Å². The van der Waals surface area contributed by atoms with Gasteiger partial charge in [0.2, 0.25) is 0 Å². The summed E-state index contributed by atoms with van der Waals surface area (Å²) in [5.74, 6) is -0.0601. The van der Waals surface area contributed by atoms with Gasteiger partial charge in [0.15, 0.2) is 5.60 Å². The van der Waals surface area contributed by atoms with Crippen LogP contribution >= 0.6 is 23.6 Å². The zero-order valence-electron chi connectivity index (χ0n) is 12.7. The van der Waals surface area contributed by atoms with E-state index in [-0.39, 0.29) is 16.9 Å². The molecule has 23 heavy (non-hydrogen) atoms. The number of benzene rings is 1. The van der Waals surface area contributed by atoms with E-state index in [9.17, 15) is 4.39 Å². The highest BCUT2D eigenvalue weighted by atomic mass is 32.1. The van der Waals surface area contributed by atoms with Crippen LogP contribution in [0.15, 0.2) is 35.8 Å². The molecule has 0 aliphatic heterocycles. The Balaban J connectivity index is 2.15. The first-order valence-corrected chi connectivity index (χ1v) is 9.06. The van der Waals surface area contributed by atoms with Gasteiger partial charge in [0, 0.05) is 23.1 Å². The summed E-state index contributed by atoms with van der Waals surface area (Å²) in [6.07, 6.45) is 7.28. The van der Waals surface area contributed by atoms with Crippen LogP contribution in [0.2, 0.25) is 0 Å². The van der Waals surface area contributed by atoms with Crippen LogP contribution in [-0.2, 0) is 10.3 Å². The zero-order valence-corrected chi connectivity index (χ0v) is 14.3. The second-order valence-corrected chi connectivity index (χ2v) is 7.13. The van der Waals surface area contributed by atoms with Gasteiger partial charge in [-0.25, -0.2) is 9.37 Å². The van der Waals surface area contributed by atoms with E-state index < -0.39 is 5.60 Å². The Morgan fingerprint density at radius 2 is 1.96 bits per heavy atom. The molecule has 1 fully saturated rings. The highest BCUT2D eigenvalue weighted by Gasteiger charge is 2.47. The van der Waals surface area contributed by atoms with Crippen molar-refractivity contribution < 1.29 is 9.13 Å². The Bertz CT molecular complexity index is 654. The molecular formula is C17H19FN2OS2. The second kappa shape index (κ2) is 6.93. The van der Waals surface area contributed by atoms with Crippen LogP contribution in [0.1, 0.15) is 42.7 Å². The predicted octanol–water partition coefficient (Wildman–Crippen LogP) is 4.37. The van der Waals surface area contributed by atoms with Gasteiger partial charge in [0.05, 0.1) is 0 Å². The van der Waals surface area contributed by atoms with Crippen molar-refractivity contribution in [3.63, 3.8) is 0 Å². The minimum atomic E-state index is -0.825. The van der Waals surface area contributed by atoms with Crippen molar-refractivity contribution in [2.24, 2.45) is 11.7 Å². The van der Waals surface area contributed by atoms with Crippen LogP contribution in [0.25, 0.3) is 0 Å². The summed E-state index contributed by atoms with van der Waals surface area (Å²) in [7, 11) is 0. The molecular weight excluding hydrogens is 331 g/mol. The summed E-state index contributed by atoms with van der Waals surface area (Å²) in [5, 5.41) is 2.73. The molecule has 1 saturated carbocycles. The van der Waals surface area contributed by atoms with Gasteiger partial charge in [0.25, 0.3) is 5.17 Å². The van der Waals surface area contributed by atoms with E-state index in [0.29, 0.717) is 0 Å². The Kier molecular flexibility index (Phi) is 4.92. The predicted molar refractivity (Wildman–Crippen MR) is 93.7 cm³/mol. The lowest BCUT2D eigenvalue weighted by Gasteiger charge is -2.41. The number of thiocarbonyl (C=S) groups is 1. The third kappa shape index (κ3) is 3.23. The molecule has 2 N–H and O–H groups in total. The molecule has 0 amide bonds. The molecule has 3 rings (SSSR count). The maximum atomic E-state index is 13.4. The summed E-state index contributed by atoms with van der Waals surface area (Å²) in [6.45, 7) is 0. The van der Waals surface area contributed by atoms with Gasteiger partial charge in [-0.15, -0.1) is 11.3 Å². The van der Waals surface area contributed by atoms with Crippen LogP contribution in [0.5, 0.6) is 0 Å². The molecule has 122 valence electrons. The standard InChI is InChI=1S/C17H19FN2OS2/c18-14-8-6-13(7-9-14)17(21-16(19)22,15-20-10-11-23-15)12-4-2-1-3-5-12/h6-12H,1-5H2,(H2,19,22). The van der Waals surface area contributed by atoms with Gasteiger partial charge in [-0.3, -0.25) is 0 Å². The highest BCUT2D eigenvalue weighted by molar-refractivity contribution is 7.80. The lowest BCUT2D eigenvalue weighted by Crippen LogP contribution is -2.43. The molecule has 1 aromatic heterocycles. The topological polar surface area (TPSA) is 48.1 Å². The largest absolute Gasteiger partial charge is 0.452 e. The molecule has 1 unspecified atom stereocenters. The highest BCUT2D eigenvalue weighted by Crippen LogP contribution is 2.47. The second-order valence-electron chi connectivity index (χ2n) is 5.84. The van der Waals surface area contributed by atoms with Gasteiger partial charge in [-0.05, 0) is 37.2 Å². The summed E-state index contributed by atoms with van der Waals surface area (Å²) in [5.41, 5.74) is 5.80. The van der Waals surface area contributed by atoms with Gasteiger partial charge in [-0.1, -0.05) is 31.4 Å². The molecule has 1 aliphatic carbocycles. The monoisotopic (exact) mass is 350 g/mol. The van der Waals surface area contributed by atoms with E-state index in [1.807, 2.05) is 5.38 Å². The lowest BCUT2D eigenvalue weighted by molar-refractivity contribution is 0.0142. The number of aromatic nitrogens is 1. The number of nitrogens with two attached hydrogens (primary N) is 1. The maximum absolute atomic E-state index is 13.4. The molecule has 1 aliphatic rings. The van der Waals surface area contributed by atoms with Crippen molar-refractivity contribution in [2.45, 2.75) is 37.7 Å². The smallest absolute Gasteiger partial charge is 0.255 e. The van der Waals surface area contributed by atoms with Gasteiger partial charge >= 0.3 is 0 Å². The van der Waals surface area contributed by atoms with Gasteiger partial charge < -0.3 is 10.5 Å². The Hall–Kier alpha value is -1.53.